The molecule has 1 heterocycles. The molecule has 1 aromatic heterocycles. The van der Waals surface area contributed by atoms with Crippen molar-refractivity contribution in [2.75, 3.05) is 5.32 Å². The van der Waals surface area contributed by atoms with Crippen molar-refractivity contribution in [1.82, 2.24) is 4.98 Å². The number of hydrogen-bond donors (Lipinski definition) is 1. The Hall–Kier alpha value is -3.31. The summed E-state index contributed by atoms with van der Waals surface area (Å²) in [4.78, 5) is 18.2. The maximum Gasteiger partial charge on any atom is 0.230 e. The second-order valence-electron chi connectivity index (χ2n) is 7.25. The maximum absolute atomic E-state index is 13.9. The molecule has 0 atom stereocenters. The molecule has 0 bridgehead atoms. The Morgan fingerprint density at radius 1 is 0.900 bits per heavy atom. The first-order valence-electron chi connectivity index (χ1n) is 9.68. The van der Waals surface area contributed by atoms with Gasteiger partial charge in [-0.05, 0) is 31.0 Å². The predicted molar refractivity (Wildman–Crippen MR) is 121 cm³/mol. The lowest BCUT2D eigenvalue weighted by atomic mass is 10.0. The molecule has 0 radical (unpaired) electrons. The smallest absolute Gasteiger partial charge is 0.230 e. The van der Waals surface area contributed by atoms with Gasteiger partial charge < -0.3 is 5.32 Å². The SMILES string of the molecule is Cc1ccc(-c2nc(NC(=O)Cc3ccccc3F)sc2-c2ccc(C)cc2)cc1. The predicted octanol–water partition coefficient (Wildman–Crippen LogP) is 6.41. The van der Waals surface area contributed by atoms with Gasteiger partial charge in [0.2, 0.25) is 5.91 Å². The van der Waals surface area contributed by atoms with E-state index < -0.39 is 0 Å². The van der Waals surface area contributed by atoms with Crippen molar-refractivity contribution < 1.29 is 9.18 Å². The van der Waals surface area contributed by atoms with Crippen LogP contribution in [0.1, 0.15) is 16.7 Å². The summed E-state index contributed by atoms with van der Waals surface area (Å²) in [6.07, 6.45) is -0.0357. The molecule has 1 amide bonds. The van der Waals surface area contributed by atoms with Crippen LogP contribution in [0.3, 0.4) is 0 Å². The number of nitrogens with zero attached hydrogens (tertiary/aromatic N) is 1. The van der Waals surface area contributed by atoms with Crippen LogP contribution in [0, 0.1) is 19.7 Å². The zero-order chi connectivity index (χ0) is 21.1. The zero-order valence-corrected chi connectivity index (χ0v) is 17.6. The van der Waals surface area contributed by atoms with E-state index in [2.05, 4.69) is 29.6 Å². The first kappa shape index (κ1) is 20.0. The Kier molecular flexibility index (Phi) is 5.72. The molecule has 1 N–H and O–H groups in total. The van der Waals surface area contributed by atoms with Crippen molar-refractivity contribution in [3.8, 4) is 21.7 Å². The second-order valence-corrected chi connectivity index (χ2v) is 8.24. The molecule has 30 heavy (non-hydrogen) atoms. The molecule has 3 aromatic carbocycles. The molecule has 150 valence electrons. The molecule has 0 saturated carbocycles. The zero-order valence-electron chi connectivity index (χ0n) is 16.8. The number of aryl methyl sites for hydroxylation is 2. The van der Waals surface area contributed by atoms with Crippen molar-refractivity contribution in [3.63, 3.8) is 0 Å². The molecule has 4 aromatic rings. The Morgan fingerprint density at radius 2 is 1.50 bits per heavy atom. The van der Waals surface area contributed by atoms with E-state index in [4.69, 9.17) is 4.98 Å². The number of thiazole rings is 1. The lowest BCUT2D eigenvalue weighted by molar-refractivity contribution is -0.115. The molecule has 0 saturated heterocycles. The van der Waals surface area contributed by atoms with Gasteiger partial charge in [-0.1, -0.05) is 89.2 Å². The van der Waals surface area contributed by atoms with Gasteiger partial charge in [-0.3, -0.25) is 4.79 Å². The Balaban J connectivity index is 1.66. The number of hydrogen-bond acceptors (Lipinski definition) is 3. The average molecular weight is 417 g/mol. The molecule has 0 spiro atoms. The normalized spacial score (nSPS) is 10.8. The largest absolute Gasteiger partial charge is 0.302 e. The number of rotatable bonds is 5. The first-order valence-corrected chi connectivity index (χ1v) is 10.5. The molecule has 0 aliphatic heterocycles. The van der Waals surface area contributed by atoms with Crippen LogP contribution in [0.15, 0.2) is 72.8 Å². The number of anilines is 1. The Labute approximate surface area is 179 Å². The monoisotopic (exact) mass is 416 g/mol. The highest BCUT2D eigenvalue weighted by molar-refractivity contribution is 7.19. The third-order valence-electron chi connectivity index (χ3n) is 4.82. The van der Waals surface area contributed by atoms with E-state index in [1.54, 1.807) is 18.2 Å². The van der Waals surface area contributed by atoms with E-state index in [1.165, 1.54) is 28.5 Å². The van der Waals surface area contributed by atoms with Gasteiger partial charge in [-0.25, -0.2) is 9.37 Å². The summed E-state index contributed by atoms with van der Waals surface area (Å²) in [6.45, 7) is 4.09. The highest BCUT2D eigenvalue weighted by Gasteiger charge is 2.17. The minimum absolute atomic E-state index is 0.0357. The fourth-order valence-electron chi connectivity index (χ4n) is 3.16. The van der Waals surface area contributed by atoms with Crippen molar-refractivity contribution in [2.24, 2.45) is 0 Å². The van der Waals surface area contributed by atoms with E-state index in [9.17, 15) is 9.18 Å². The number of halogens is 1. The third-order valence-corrected chi connectivity index (χ3v) is 5.84. The fraction of sp³-hybridized carbons (Fsp3) is 0.120. The van der Waals surface area contributed by atoms with E-state index >= 15 is 0 Å². The van der Waals surface area contributed by atoms with Crippen LogP contribution in [0.4, 0.5) is 9.52 Å². The van der Waals surface area contributed by atoms with Gasteiger partial charge in [0.05, 0.1) is 17.0 Å². The van der Waals surface area contributed by atoms with E-state index in [1.807, 2.05) is 38.1 Å². The minimum Gasteiger partial charge on any atom is -0.302 e. The number of carbonyl (C=O) groups excluding carboxylic acids is 1. The first-order chi connectivity index (χ1) is 14.5. The third kappa shape index (κ3) is 4.47. The summed E-state index contributed by atoms with van der Waals surface area (Å²) in [7, 11) is 0. The van der Waals surface area contributed by atoms with E-state index in [0.717, 1.165) is 21.7 Å². The van der Waals surface area contributed by atoms with Crippen molar-refractivity contribution in [2.45, 2.75) is 20.3 Å². The lowest BCUT2D eigenvalue weighted by Crippen LogP contribution is -2.15. The van der Waals surface area contributed by atoms with Crippen LogP contribution in [-0.4, -0.2) is 10.9 Å². The summed E-state index contributed by atoms with van der Waals surface area (Å²) >= 11 is 1.42. The van der Waals surface area contributed by atoms with Gasteiger partial charge in [-0.2, -0.15) is 0 Å². The van der Waals surface area contributed by atoms with Crippen LogP contribution >= 0.6 is 11.3 Å². The molecular formula is C25H21FN2OS. The number of amides is 1. The Bertz CT molecular complexity index is 1120. The van der Waals surface area contributed by atoms with Gasteiger partial charge in [0.1, 0.15) is 5.82 Å². The molecule has 0 unspecified atom stereocenters. The van der Waals surface area contributed by atoms with Crippen LogP contribution in [0.2, 0.25) is 0 Å². The summed E-state index contributed by atoms with van der Waals surface area (Å²) in [6, 6.07) is 22.7. The second kappa shape index (κ2) is 8.59. The van der Waals surface area contributed by atoms with Gasteiger partial charge in [0, 0.05) is 5.56 Å². The summed E-state index contributed by atoms with van der Waals surface area (Å²) in [5.74, 6) is -0.674. The van der Waals surface area contributed by atoms with Gasteiger partial charge in [0.25, 0.3) is 0 Å². The maximum atomic E-state index is 13.9. The highest BCUT2D eigenvalue weighted by atomic mass is 32.1. The molecule has 0 aliphatic rings. The standard InChI is InChI=1S/C25H21FN2OS/c1-16-7-11-18(12-8-16)23-24(19-13-9-17(2)10-14-19)30-25(28-23)27-22(29)15-20-5-3-4-6-21(20)26/h3-14H,15H2,1-2H3,(H,27,28,29). The molecule has 0 aliphatic carbocycles. The van der Waals surface area contributed by atoms with Gasteiger partial charge >= 0.3 is 0 Å². The van der Waals surface area contributed by atoms with Crippen molar-refractivity contribution >= 4 is 22.4 Å². The molecule has 4 rings (SSSR count). The quantitative estimate of drug-likeness (QED) is 0.408. The van der Waals surface area contributed by atoms with Crippen LogP contribution in [0.25, 0.3) is 21.7 Å². The number of aromatic nitrogens is 1. The fourth-order valence-corrected chi connectivity index (χ4v) is 4.17. The Morgan fingerprint density at radius 3 is 2.13 bits per heavy atom. The summed E-state index contributed by atoms with van der Waals surface area (Å²) in [5.41, 5.74) is 5.57. The minimum atomic E-state index is -0.382. The van der Waals surface area contributed by atoms with E-state index in [0.29, 0.717) is 10.7 Å². The van der Waals surface area contributed by atoms with Crippen molar-refractivity contribution in [1.29, 1.82) is 0 Å². The van der Waals surface area contributed by atoms with Gasteiger partial charge in [-0.15, -0.1) is 0 Å². The van der Waals surface area contributed by atoms with E-state index in [-0.39, 0.29) is 18.1 Å². The number of carbonyl (C=O) groups is 1. The highest BCUT2D eigenvalue weighted by Crippen LogP contribution is 2.39. The molecule has 0 fully saturated rings. The summed E-state index contributed by atoms with van der Waals surface area (Å²) < 4.78 is 13.9. The lowest BCUT2D eigenvalue weighted by Gasteiger charge is -2.04. The average Bonchev–Trinajstić information content (AvgIpc) is 3.14. The number of nitrogens with one attached hydrogen (secondary N) is 1. The molecule has 5 heteroatoms. The molecule has 3 nitrogen and oxygen atoms in total. The van der Waals surface area contributed by atoms with Gasteiger partial charge in [0.15, 0.2) is 5.13 Å². The topological polar surface area (TPSA) is 42.0 Å². The van der Waals surface area contributed by atoms with Crippen molar-refractivity contribution in [3.05, 3.63) is 95.3 Å². The van der Waals surface area contributed by atoms with Crippen LogP contribution in [0.5, 0.6) is 0 Å². The number of benzene rings is 3. The van der Waals surface area contributed by atoms with Crippen LogP contribution in [-0.2, 0) is 11.2 Å². The van der Waals surface area contributed by atoms with Crippen LogP contribution < -0.4 is 5.32 Å². The molecular weight excluding hydrogens is 395 g/mol. The summed E-state index contributed by atoms with van der Waals surface area (Å²) in [5, 5.41) is 3.34.